The lowest BCUT2D eigenvalue weighted by Crippen LogP contribution is -2.22. The summed E-state index contributed by atoms with van der Waals surface area (Å²) in [5.41, 5.74) is -1.87. The highest BCUT2D eigenvalue weighted by Gasteiger charge is 2.39. The van der Waals surface area contributed by atoms with Crippen LogP contribution in [0.4, 0.5) is 13.2 Å². The summed E-state index contributed by atoms with van der Waals surface area (Å²) in [5, 5.41) is -0.0738. The molecule has 1 saturated carbocycles. The van der Waals surface area contributed by atoms with E-state index in [0.717, 1.165) is 25.3 Å². The second kappa shape index (κ2) is 9.40. The van der Waals surface area contributed by atoms with Crippen LogP contribution in [0.15, 0.2) is 45.6 Å². The maximum absolute atomic E-state index is 13.9. The molecule has 0 amide bonds. The second-order valence-corrected chi connectivity index (χ2v) is 8.12. The van der Waals surface area contributed by atoms with Gasteiger partial charge in [-0.15, -0.1) is 0 Å². The monoisotopic (exact) mass is 476 g/mol. The van der Waals surface area contributed by atoms with Gasteiger partial charge in [-0.25, -0.2) is 0 Å². The minimum atomic E-state index is -4.95. The van der Waals surface area contributed by atoms with Crippen LogP contribution in [0.2, 0.25) is 0 Å². The molecular weight excluding hydrogens is 453 g/mol. The van der Waals surface area contributed by atoms with Crippen molar-refractivity contribution in [3.8, 4) is 28.4 Å². The average Bonchev–Trinajstić information content (AvgIpc) is 2.83. The largest absolute Gasteiger partial charge is 0.493 e. The summed E-state index contributed by atoms with van der Waals surface area (Å²) >= 11 is 0. The summed E-state index contributed by atoms with van der Waals surface area (Å²) in [7, 11) is 2.73. The van der Waals surface area contributed by atoms with E-state index >= 15 is 0 Å². The van der Waals surface area contributed by atoms with Crippen molar-refractivity contribution in [2.24, 2.45) is 5.92 Å². The van der Waals surface area contributed by atoms with E-state index in [1.54, 1.807) is 0 Å². The Balaban J connectivity index is 1.80. The summed E-state index contributed by atoms with van der Waals surface area (Å²) in [4.78, 5) is 25.6. The molecule has 180 valence electrons. The number of hydrogen-bond acceptors (Lipinski definition) is 6. The van der Waals surface area contributed by atoms with Crippen LogP contribution in [-0.2, 0) is 11.0 Å². The van der Waals surface area contributed by atoms with Crippen molar-refractivity contribution in [3.63, 3.8) is 0 Å². The van der Waals surface area contributed by atoms with Gasteiger partial charge in [-0.1, -0.05) is 25.3 Å². The molecule has 0 bridgehead atoms. The summed E-state index contributed by atoms with van der Waals surface area (Å²) in [6.07, 6.45) is -0.596. The van der Waals surface area contributed by atoms with Crippen LogP contribution in [0.1, 0.15) is 37.9 Å². The van der Waals surface area contributed by atoms with Crippen LogP contribution in [-0.4, -0.2) is 20.2 Å². The number of rotatable bonds is 5. The molecule has 1 aliphatic carbocycles. The Morgan fingerprint density at radius 3 is 2.32 bits per heavy atom. The first kappa shape index (κ1) is 23.7. The molecule has 2 aromatic carbocycles. The smallest absolute Gasteiger partial charge is 0.450 e. The van der Waals surface area contributed by atoms with Crippen LogP contribution in [0, 0.1) is 5.92 Å². The SMILES string of the molecule is COc1ccc(-c2c(C(F)(F)F)oc3cc(OC(=O)C4CCCCC4)ccc3c2=O)cc1OC. The third kappa shape index (κ3) is 4.60. The fraction of sp³-hybridized carbons (Fsp3) is 0.360. The highest BCUT2D eigenvalue weighted by Crippen LogP contribution is 2.40. The zero-order valence-electron chi connectivity index (χ0n) is 18.7. The Morgan fingerprint density at radius 1 is 0.971 bits per heavy atom. The molecule has 3 aromatic rings. The zero-order chi connectivity index (χ0) is 24.5. The zero-order valence-corrected chi connectivity index (χ0v) is 18.7. The number of hydrogen-bond donors (Lipinski definition) is 0. The van der Waals surface area contributed by atoms with Crippen LogP contribution < -0.4 is 19.6 Å². The van der Waals surface area contributed by atoms with E-state index in [0.29, 0.717) is 18.6 Å². The van der Waals surface area contributed by atoms with E-state index < -0.39 is 28.9 Å². The molecule has 6 nitrogen and oxygen atoms in total. The molecule has 0 unspecified atom stereocenters. The van der Waals surface area contributed by atoms with Crippen molar-refractivity contribution in [3.05, 3.63) is 52.4 Å². The third-order valence-corrected chi connectivity index (χ3v) is 5.95. The molecule has 0 atom stereocenters. The Morgan fingerprint density at radius 2 is 1.68 bits per heavy atom. The van der Waals surface area contributed by atoms with E-state index in [-0.39, 0.29) is 33.9 Å². The Kier molecular flexibility index (Phi) is 6.54. The standard InChI is InChI=1S/C25H23F3O6/c1-31-18-11-8-15(12-20(18)32-2)21-22(29)17-10-9-16(13-19(17)34-23(21)25(26,27)28)33-24(30)14-6-4-3-5-7-14/h8-14H,3-7H2,1-2H3. The lowest BCUT2D eigenvalue weighted by atomic mass is 9.89. The number of esters is 1. The second-order valence-electron chi connectivity index (χ2n) is 8.12. The number of methoxy groups -OCH3 is 2. The molecule has 1 heterocycles. The van der Waals surface area contributed by atoms with E-state index in [1.807, 2.05) is 0 Å². The first-order valence-corrected chi connectivity index (χ1v) is 10.8. The van der Waals surface area contributed by atoms with Crippen LogP contribution in [0.5, 0.6) is 17.2 Å². The van der Waals surface area contributed by atoms with Gasteiger partial charge in [0.05, 0.1) is 31.1 Å². The number of benzene rings is 2. The van der Waals surface area contributed by atoms with E-state index in [1.165, 1.54) is 44.6 Å². The van der Waals surface area contributed by atoms with Gasteiger partial charge in [0.2, 0.25) is 11.2 Å². The molecule has 34 heavy (non-hydrogen) atoms. The molecule has 0 aliphatic heterocycles. The summed E-state index contributed by atoms with van der Waals surface area (Å²) < 4.78 is 62.7. The molecule has 9 heteroatoms. The number of alkyl halides is 3. The predicted molar refractivity (Wildman–Crippen MR) is 118 cm³/mol. The molecule has 4 rings (SSSR count). The van der Waals surface area contributed by atoms with Crippen LogP contribution in [0.25, 0.3) is 22.1 Å². The van der Waals surface area contributed by atoms with Crippen molar-refractivity contribution >= 4 is 16.9 Å². The van der Waals surface area contributed by atoms with Gasteiger partial charge in [0, 0.05) is 6.07 Å². The van der Waals surface area contributed by atoms with Gasteiger partial charge in [-0.05, 0) is 42.7 Å². The van der Waals surface area contributed by atoms with Gasteiger partial charge in [0.15, 0.2) is 11.5 Å². The van der Waals surface area contributed by atoms with Gasteiger partial charge in [-0.2, -0.15) is 13.2 Å². The quantitative estimate of drug-likeness (QED) is 0.333. The molecule has 1 aromatic heterocycles. The first-order valence-electron chi connectivity index (χ1n) is 10.8. The van der Waals surface area contributed by atoms with Gasteiger partial charge < -0.3 is 18.6 Å². The highest BCUT2D eigenvalue weighted by atomic mass is 19.4. The lowest BCUT2D eigenvalue weighted by Gasteiger charge is -2.19. The Labute approximate surface area is 193 Å². The van der Waals surface area contributed by atoms with E-state index in [2.05, 4.69) is 0 Å². The summed E-state index contributed by atoms with van der Waals surface area (Å²) in [6.45, 7) is 0. The Hall–Kier alpha value is -3.49. The van der Waals surface area contributed by atoms with E-state index in [4.69, 9.17) is 18.6 Å². The fourth-order valence-corrected chi connectivity index (χ4v) is 4.23. The van der Waals surface area contributed by atoms with Gasteiger partial charge in [0.25, 0.3) is 0 Å². The molecule has 1 aliphatic rings. The topological polar surface area (TPSA) is 75.0 Å². The van der Waals surface area contributed by atoms with Crippen molar-refractivity contribution in [2.75, 3.05) is 14.2 Å². The molecule has 1 fully saturated rings. The lowest BCUT2D eigenvalue weighted by molar-refractivity contribution is -0.152. The minimum Gasteiger partial charge on any atom is -0.493 e. The Bertz CT molecular complexity index is 1270. The molecular formula is C25H23F3O6. The van der Waals surface area contributed by atoms with E-state index in [9.17, 15) is 22.8 Å². The third-order valence-electron chi connectivity index (χ3n) is 5.95. The number of carbonyl (C=O) groups excluding carboxylic acids is 1. The van der Waals surface area contributed by atoms with Gasteiger partial charge in [0.1, 0.15) is 11.3 Å². The number of halogens is 3. The minimum absolute atomic E-state index is 0.0261. The average molecular weight is 476 g/mol. The summed E-state index contributed by atoms with van der Waals surface area (Å²) in [6, 6.07) is 7.85. The molecule has 0 radical (unpaired) electrons. The van der Waals surface area contributed by atoms with Crippen molar-refractivity contribution < 1.29 is 36.6 Å². The fourth-order valence-electron chi connectivity index (χ4n) is 4.23. The highest BCUT2D eigenvalue weighted by molar-refractivity contribution is 5.85. The summed E-state index contributed by atoms with van der Waals surface area (Å²) in [5.74, 6) is -1.63. The van der Waals surface area contributed by atoms with Gasteiger partial charge in [-0.3, -0.25) is 9.59 Å². The number of ether oxygens (including phenoxy) is 3. The van der Waals surface area contributed by atoms with Crippen molar-refractivity contribution in [2.45, 2.75) is 38.3 Å². The molecule has 0 N–H and O–H groups in total. The number of carbonyl (C=O) groups is 1. The maximum Gasteiger partial charge on any atom is 0.450 e. The van der Waals surface area contributed by atoms with Crippen LogP contribution >= 0.6 is 0 Å². The predicted octanol–water partition coefficient (Wildman–Crippen LogP) is 5.98. The number of fused-ring (bicyclic) bond motifs is 1. The van der Waals surface area contributed by atoms with Crippen molar-refractivity contribution in [1.29, 1.82) is 0 Å². The first-order chi connectivity index (χ1) is 16.2. The maximum atomic E-state index is 13.9. The van der Waals surface area contributed by atoms with Gasteiger partial charge >= 0.3 is 12.1 Å². The van der Waals surface area contributed by atoms with Crippen molar-refractivity contribution in [1.82, 2.24) is 0 Å². The molecule has 0 saturated heterocycles. The molecule has 0 spiro atoms. The normalized spacial score (nSPS) is 14.7. The van der Waals surface area contributed by atoms with Crippen LogP contribution in [0.3, 0.4) is 0 Å².